The third-order valence-electron chi connectivity index (χ3n) is 2.76. The lowest BCUT2D eigenvalue weighted by molar-refractivity contribution is 0.822. The molecular weight excluding hydrogens is 258 g/mol. The highest BCUT2D eigenvalue weighted by Gasteiger charge is 2.14. The van der Waals surface area contributed by atoms with E-state index in [0.717, 1.165) is 0 Å². The molecule has 0 unspecified atom stereocenters. The SMILES string of the molecule is CC#CCn1c(C=CC#N)nc2c1c(=O)[nH]c(=O)n2C. The van der Waals surface area contributed by atoms with Gasteiger partial charge in [-0.05, 0) is 13.0 Å². The molecule has 7 heteroatoms. The highest BCUT2D eigenvalue weighted by Crippen LogP contribution is 2.11. The largest absolute Gasteiger partial charge is 0.329 e. The molecule has 100 valence electrons. The Morgan fingerprint density at radius 3 is 2.85 bits per heavy atom. The minimum atomic E-state index is -0.537. The van der Waals surface area contributed by atoms with Crippen LogP contribution in [0, 0.1) is 23.2 Å². The fraction of sp³-hybridized carbons (Fsp3) is 0.231. The summed E-state index contributed by atoms with van der Waals surface area (Å²) in [5.41, 5.74) is -0.545. The summed E-state index contributed by atoms with van der Waals surface area (Å²) in [6, 6.07) is 1.86. The van der Waals surface area contributed by atoms with Crippen molar-refractivity contribution in [2.24, 2.45) is 7.05 Å². The average molecular weight is 269 g/mol. The fourth-order valence-electron chi connectivity index (χ4n) is 1.81. The zero-order valence-corrected chi connectivity index (χ0v) is 11.0. The van der Waals surface area contributed by atoms with Gasteiger partial charge in [-0.2, -0.15) is 5.26 Å². The average Bonchev–Trinajstić information content (AvgIpc) is 2.79. The van der Waals surface area contributed by atoms with Crippen LogP contribution in [0.15, 0.2) is 15.7 Å². The lowest BCUT2D eigenvalue weighted by atomic mass is 10.4. The molecule has 20 heavy (non-hydrogen) atoms. The number of aromatic nitrogens is 4. The van der Waals surface area contributed by atoms with E-state index in [2.05, 4.69) is 21.8 Å². The Balaban J connectivity index is 2.89. The topological polar surface area (TPSA) is 96.5 Å². The van der Waals surface area contributed by atoms with E-state index in [0.29, 0.717) is 5.82 Å². The van der Waals surface area contributed by atoms with E-state index in [1.165, 1.54) is 23.8 Å². The first-order valence-corrected chi connectivity index (χ1v) is 5.75. The Kier molecular flexibility index (Phi) is 3.54. The van der Waals surface area contributed by atoms with E-state index in [-0.39, 0.29) is 17.7 Å². The molecule has 1 N–H and O–H groups in total. The first-order valence-electron chi connectivity index (χ1n) is 5.75. The summed E-state index contributed by atoms with van der Waals surface area (Å²) >= 11 is 0. The second kappa shape index (κ2) is 5.29. The number of aromatic amines is 1. The van der Waals surface area contributed by atoms with Crippen LogP contribution in [0.25, 0.3) is 17.2 Å². The predicted molar refractivity (Wildman–Crippen MR) is 73.7 cm³/mol. The van der Waals surface area contributed by atoms with Crippen LogP contribution in [0.3, 0.4) is 0 Å². The lowest BCUT2D eigenvalue weighted by Gasteiger charge is -2.01. The number of aryl methyl sites for hydroxylation is 1. The molecule has 2 rings (SSSR count). The van der Waals surface area contributed by atoms with Gasteiger partial charge in [0, 0.05) is 13.1 Å². The van der Waals surface area contributed by atoms with Gasteiger partial charge in [-0.15, -0.1) is 5.92 Å². The second-order valence-electron chi connectivity index (χ2n) is 3.94. The fourth-order valence-corrected chi connectivity index (χ4v) is 1.81. The van der Waals surface area contributed by atoms with Crippen molar-refractivity contribution in [3.63, 3.8) is 0 Å². The van der Waals surface area contributed by atoms with Gasteiger partial charge in [0.25, 0.3) is 5.56 Å². The van der Waals surface area contributed by atoms with Crippen LogP contribution >= 0.6 is 0 Å². The predicted octanol–water partition coefficient (Wildman–Crippen LogP) is -0.0166. The monoisotopic (exact) mass is 269 g/mol. The molecule has 0 aliphatic carbocycles. The molecule has 0 atom stereocenters. The van der Waals surface area contributed by atoms with Crippen LogP contribution in [0.5, 0.6) is 0 Å². The number of fused-ring (bicyclic) bond motifs is 1. The summed E-state index contributed by atoms with van der Waals surface area (Å²) in [5.74, 6) is 5.97. The molecule has 0 bridgehead atoms. The maximum atomic E-state index is 12.0. The molecule has 2 aromatic rings. The summed E-state index contributed by atoms with van der Waals surface area (Å²) in [7, 11) is 1.52. The van der Waals surface area contributed by atoms with Crippen molar-refractivity contribution in [3.05, 3.63) is 32.7 Å². The molecule has 2 heterocycles. The van der Waals surface area contributed by atoms with Gasteiger partial charge in [-0.1, -0.05) is 5.92 Å². The van der Waals surface area contributed by atoms with Crippen molar-refractivity contribution >= 4 is 17.2 Å². The van der Waals surface area contributed by atoms with Gasteiger partial charge in [-0.25, -0.2) is 9.78 Å². The second-order valence-corrected chi connectivity index (χ2v) is 3.94. The van der Waals surface area contributed by atoms with E-state index in [1.54, 1.807) is 11.5 Å². The van der Waals surface area contributed by atoms with Gasteiger partial charge < -0.3 is 4.57 Å². The molecule has 0 aliphatic rings. The zero-order chi connectivity index (χ0) is 14.7. The van der Waals surface area contributed by atoms with E-state index >= 15 is 0 Å². The highest BCUT2D eigenvalue weighted by atomic mass is 16.2. The quantitative estimate of drug-likeness (QED) is 0.612. The summed E-state index contributed by atoms with van der Waals surface area (Å²) in [6.45, 7) is 1.93. The number of imidazole rings is 1. The van der Waals surface area contributed by atoms with Crippen LogP contribution < -0.4 is 11.2 Å². The summed E-state index contributed by atoms with van der Waals surface area (Å²) < 4.78 is 2.81. The first kappa shape index (κ1) is 13.4. The number of nitriles is 1. The smallest absolute Gasteiger partial charge is 0.307 e. The Labute approximate surface area is 113 Å². The minimum absolute atomic E-state index is 0.249. The molecule has 0 saturated carbocycles. The van der Waals surface area contributed by atoms with Crippen molar-refractivity contribution < 1.29 is 0 Å². The van der Waals surface area contributed by atoms with Gasteiger partial charge in [0.1, 0.15) is 5.82 Å². The standard InChI is InChI=1S/C13H11N5O2/c1-3-4-8-18-9(6-5-7-14)15-11-10(18)12(19)16-13(20)17(11)2/h5-6H,8H2,1-2H3,(H,16,19,20). The molecule has 7 nitrogen and oxygen atoms in total. The molecular formula is C13H11N5O2. The molecule has 2 aromatic heterocycles. The number of nitrogens with one attached hydrogen (secondary N) is 1. The Hall–Kier alpha value is -3.06. The molecule has 0 aliphatic heterocycles. The number of hydrogen-bond donors (Lipinski definition) is 1. The maximum absolute atomic E-state index is 12.0. The van der Waals surface area contributed by atoms with Crippen molar-refractivity contribution in [1.29, 1.82) is 5.26 Å². The van der Waals surface area contributed by atoms with Crippen LogP contribution in [0.4, 0.5) is 0 Å². The van der Waals surface area contributed by atoms with E-state index in [1.807, 2.05) is 6.07 Å². The van der Waals surface area contributed by atoms with Gasteiger partial charge in [-0.3, -0.25) is 14.3 Å². The Morgan fingerprint density at radius 1 is 1.45 bits per heavy atom. The normalized spacial score (nSPS) is 10.4. The van der Waals surface area contributed by atoms with E-state index in [9.17, 15) is 9.59 Å². The molecule has 0 amide bonds. The number of rotatable bonds is 2. The van der Waals surface area contributed by atoms with Crippen molar-refractivity contribution in [2.75, 3.05) is 0 Å². The van der Waals surface area contributed by atoms with Crippen LogP contribution in [0.1, 0.15) is 12.7 Å². The molecule has 0 spiro atoms. The van der Waals surface area contributed by atoms with Crippen molar-refractivity contribution in [2.45, 2.75) is 13.5 Å². The van der Waals surface area contributed by atoms with Crippen molar-refractivity contribution in [3.8, 4) is 17.9 Å². The molecule has 0 aromatic carbocycles. The number of hydrogen-bond acceptors (Lipinski definition) is 4. The van der Waals surface area contributed by atoms with Crippen molar-refractivity contribution in [1.82, 2.24) is 19.1 Å². The Bertz CT molecular complexity index is 909. The molecule has 0 fully saturated rings. The minimum Gasteiger partial charge on any atom is -0.307 e. The van der Waals surface area contributed by atoms with Gasteiger partial charge >= 0.3 is 5.69 Å². The van der Waals surface area contributed by atoms with Gasteiger partial charge in [0.2, 0.25) is 0 Å². The Morgan fingerprint density at radius 2 is 2.20 bits per heavy atom. The van der Waals surface area contributed by atoms with Gasteiger partial charge in [0.05, 0.1) is 12.6 Å². The number of H-pyrrole nitrogens is 1. The van der Waals surface area contributed by atoms with E-state index in [4.69, 9.17) is 5.26 Å². The first-order chi connectivity index (χ1) is 9.60. The summed E-state index contributed by atoms with van der Waals surface area (Å²) in [6.07, 6.45) is 2.73. The van der Waals surface area contributed by atoms with Crippen LogP contribution in [-0.2, 0) is 13.6 Å². The third kappa shape index (κ3) is 2.13. The maximum Gasteiger partial charge on any atom is 0.329 e. The van der Waals surface area contributed by atoms with Crippen LogP contribution in [-0.4, -0.2) is 19.1 Å². The number of nitrogens with zero attached hydrogens (tertiary/aromatic N) is 4. The highest BCUT2D eigenvalue weighted by molar-refractivity contribution is 5.73. The van der Waals surface area contributed by atoms with Crippen LogP contribution in [0.2, 0.25) is 0 Å². The number of allylic oxidation sites excluding steroid dienone is 1. The third-order valence-corrected chi connectivity index (χ3v) is 2.76. The summed E-state index contributed by atoms with van der Waals surface area (Å²) in [5, 5.41) is 8.60. The van der Waals surface area contributed by atoms with Gasteiger partial charge in [0.15, 0.2) is 11.2 Å². The molecule has 0 saturated heterocycles. The lowest BCUT2D eigenvalue weighted by Crippen LogP contribution is -2.29. The summed E-state index contributed by atoms with van der Waals surface area (Å²) in [4.78, 5) is 30.0. The zero-order valence-electron chi connectivity index (χ0n) is 11.0. The molecule has 0 radical (unpaired) electrons. The van der Waals surface area contributed by atoms with E-state index < -0.39 is 11.2 Å².